The van der Waals surface area contributed by atoms with Gasteiger partial charge in [-0.1, -0.05) is 17.7 Å². The molecule has 0 saturated heterocycles. The number of amides is 2. The summed E-state index contributed by atoms with van der Waals surface area (Å²) in [5, 5.41) is 13.9. The number of nitro groups is 1. The van der Waals surface area contributed by atoms with Crippen molar-refractivity contribution in [2.75, 3.05) is 6.61 Å². The van der Waals surface area contributed by atoms with E-state index in [0.717, 1.165) is 0 Å². The molecule has 1 aromatic carbocycles. The van der Waals surface area contributed by atoms with E-state index in [0.29, 0.717) is 11.3 Å². The molecule has 1 N–H and O–H groups in total. The SMILES string of the molecule is CCOC(=O)C1=C(C)N(C(C)C)C(=O)N[C@H]1c1ccc(Cl)c([N+](=O)[O-])c1. The number of carbonyl (C=O) groups is 2. The molecular weight excluding hydrogens is 362 g/mol. The van der Waals surface area contributed by atoms with Crippen LogP contribution in [0.2, 0.25) is 5.02 Å². The molecule has 9 heteroatoms. The van der Waals surface area contributed by atoms with E-state index in [1.54, 1.807) is 13.8 Å². The van der Waals surface area contributed by atoms with Gasteiger partial charge in [0, 0.05) is 17.8 Å². The average molecular weight is 382 g/mol. The highest BCUT2D eigenvalue weighted by Gasteiger charge is 2.38. The van der Waals surface area contributed by atoms with Crippen LogP contribution in [0.5, 0.6) is 0 Å². The van der Waals surface area contributed by atoms with Crippen LogP contribution in [-0.4, -0.2) is 34.5 Å². The maximum Gasteiger partial charge on any atom is 0.338 e. The van der Waals surface area contributed by atoms with Gasteiger partial charge in [0.05, 0.1) is 23.1 Å². The fourth-order valence-corrected chi connectivity index (χ4v) is 3.14. The Kier molecular flexibility index (Phi) is 5.86. The van der Waals surface area contributed by atoms with E-state index in [-0.39, 0.29) is 28.9 Å². The van der Waals surface area contributed by atoms with Crippen LogP contribution in [0.1, 0.15) is 39.3 Å². The summed E-state index contributed by atoms with van der Waals surface area (Å²) < 4.78 is 5.13. The Morgan fingerprint density at radius 2 is 2.12 bits per heavy atom. The monoisotopic (exact) mass is 381 g/mol. The van der Waals surface area contributed by atoms with Crippen LogP contribution in [0.15, 0.2) is 29.5 Å². The first kappa shape index (κ1) is 19.7. The fourth-order valence-electron chi connectivity index (χ4n) is 2.95. The van der Waals surface area contributed by atoms with Gasteiger partial charge in [-0.05, 0) is 39.3 Å². The summed E-state index contributed by atoms with van der Waals surface area (Å²) in [7, 11) is 0. The third-order valence-corrected chi connectivity index (χ3v) is 4.36. The highest BCUT2D eigenvalue weighted by Crippen LogP contribution is 2.35. The van der Waals surface area contributed by atoms with Crippen molar-refractivity contribution in [3.8, 4) is 0 Å². The number of allylic oxidation sites excluding steroid dienone is 1. The Labute approximate surface area is 155 Å². The molecule has 0 aliphatic carbocycles. The van der Waals surface area contributed by atoms with E-state index in [9.17, 15) is 19.7 Å². The lowest BCUT2D eigenvalue weighted by molar-refractivity contribution is -0.384. The third kappa shape index (κ3) is 3.65. The predicted molar refractivity (Wildman–Crippen MR) is 95.7 cm³/mol. The summed E-state index contributed by atoms with van der Waals surface area (Å²) in [6.45, 7) is 7.14. The fraction of sp³-hybridized carbons (Fsp3) is 0.412. The molecule has 1 aliphatic heterocycles. The molecular formula is C17H20ClN3O5. The Morgan fingerprint density at radius 1 is 1.46 bits per heavy atom. The number of nitro benzene ring substituents is 1. The lowest BCUT2D eigenvalue weighted by Crippen LogP contribution is -2.50. The minimum Gasteiger partial charge on any atom is -0.463 e. The van der Waals surface area contributed by atoms with Crippen molar-refractivity contribution >= 4 is 29.3 Å². The molecule has 0 unspecified atom stereocenters. The zero-order valence-electron chi connectivity index (χ0n) is 14.9. The van der Waals surface area contributed by atoms with Crippen molar-refractivity contribution in [2.45, 2.75) is 39.8 Å². The molecule has 0 radical (unpaired) electrons. The first-order valence-corrected chi connectivity index (χ1v) is 8.48. The Morgan fingerprint density at radius 3 is 2.65 bits per heavy atom. The van der Waals surface area contributed by atoms with Crippen molar-refractivity contribution in [3.05, 3.63) is 50.2 Å². The molecule has 0 saturated carbocycles. The molecule has 0 fully saturated rings. The molecule has 0 spiro atoms. The quantitative estimate of drug-likeness (QED) is 0.477. The smallest absolute Gasteiger partial charge is 0.338 e. The van der Waals surface area contributed by atoms with Crippen LogP contribution in [0, 0.1) is 10.1 Å². The molecule has 26 heavy (non-hydrogen) atoms. The van der Waals surface area contributed by atoms with Crippen LogP contribution in [0.3, 0.4) is 0 Å². The van der Waals surface area contributed by atoms with Crippen molar-refractivity contribution in [3.63, 3.8) is 0 Å². The number of nitrogens with zero attached hydrogens (tertiary/aromatic N) is 2. The molecule has 1 aromatic rings. The van der Waals surface area contributed by atoms with Gasteiger partial charge in [0.1, 0.15) is 5.02 Å². The second kappa shape index (κ2) is 7.74. The van der Waals surface area contributed by atoms with Gasteiger partial charge in [-0.2, -0.15) is 0 Å². The molecule has 2 rings (SSSR count). The van der Waals surface area contributed by atoms with E-state index in [1.807, 2.05) is 13.8 Å². The van der Waals surface area contributed by atoms with E-state index in [1.165, 1.54) is 23.1 Å². The standard InChI is InChI=1S/C17H20ClN3O5/c1-5-26-16(22)14-10(4)20(9(2)3)17(23)19-15(14)11-6-7-12(18)13(8-11)21(24)25/h6-9,15H,5H2,1-4H3,(H,19,23)/t15-/m0/s1. The summed E-state index contributed by atoms with van der Waals surface area (Å²) >= 11 is 5.86. The minimum atomic E-state index is -0.868. The first-order valence-electron chi connectivity index (χ1n) is 8.10. The minimum absolute atomic E-state index is 0.0249. The zero-order chi connectivity index (χ0) is 19.6. The number of rotatable bonds is 5. The van der Waals surface area contributed by atoms with E-state index in [2.05, 4.69) is 5.32 Å². The van der Waals surface area contributed by atoms with Crippen LogP contribution in [-0.2, 0) is 9.53 Å². The summed E-state index contributed by atoms with van der Waals surface area (Å²) in [5.41, 5.74) is 0.757. The largest absolute Gasteiger partial charge is 0.463 e. The highest BCUT2D eigenvalue weighted by atomic mass is 35.5. The summed E-state index contributed by atoms with van der Waals surface area (Å²) in [6, 6.07) is 2.72. The van der Waals surface area contributed by atoms with Gasteiger partial charge in [-0.3, -0.25) is 15.0 Å². The molecule has 2 amide bonds. The molecule has 140 valence electrons. The number of benzene rings is 1. The lowest BCUT2D eigenvalue weighted by Gasteiger charge is -2.37. The second-order valence-electron chi connectivity index (χ2n) is 6.03. The van der Waals surface area contributed by atoms with E-state index in [4.69, 9.17) is 16.3 Å². The van der Waals surface area contributed by atoms with Gasteiger partial charge in [-0.15, -0.1) is 0 Å². The molecule has 1 heterocycles. The number of ether oxygens (including phenoxy) is 1. The molecule has 0 bridgehead atoms. The molecule has 8 nitrogen and oxygen atoms in total. The Bertz CT molecular complexity index is 791. The van der Waals surface area contributed by atoms with Crippen molar-refractivity contribution in [1.82, 2.24) is 10.2 Å². The first-order chi connectivity index (χ1) is 12.2. The van der Waals surface area contributed by atoms with E-state index < -0.39 is 23.0 Å². The van der Waals surface area contributed by atoms with E-state index >= 15 is 0 Å². The van der Waals surface area contributed by atoms with Gasteiger partial charge < -0.3 is 10.1 Å². The second-order valence-corrected chi connectivity index (χ2v) is 6.44. The van der Waals surface area contributed by atoms with Gasteiger partial charge >= 0.3 is 12.0 Å². The number of hydrogen-bond donors (Lipinski definition) is 1. The van der Waals surface area contributed by atoms with Crippen molar-refractivity contribution < 1.29 is 19.2 Å². The zero-order valence-corrected chi connectivity index (χ0v) is 15.7. The van der Waals surface area contributed by atoms with Gasteiger partial charge in [0.25, 0.3) is 5.69 Å². The number of halogens is 1. The van der Waals surface area contributed by atoms with Crippen molar-refractivity contribution in [2.24, 2.45) is 0 Å². The summed E-state index contributed by atoms with van der Waals surface area (Å²) in [6.07, 6.45) is 0. The van der Waals surface area contributed by atoms with Gasteiger partial charge in [-0.25, -0.2) is 9.59 Å². The summed E-state index contributed by atoms with van der Waals surface area (Å²) in [5.74, 6) is -0.585. The average Bonchev–Trinajstić information content (AvgIpc) is 2.54. The molecule has 0 aromatic heterocycles. The van der Waals surface area contributed by atoms with Crippen LogP contribution < -0.4 is 5.32 Å². The lowest BCUT2D eigenvalue weighted by atomic mass is 9.94. The number of esters is 1. The maximum absolute atomic E-state index is 12.5. The normalized spacial score (nSPS) is 17.4. The van der Waals surface area contributed by atoms with Gasteiger partial charge in [0.15, 0.2) is 0 Å². The van der Waals surface area contributed by atoms with Gasteiger partial charge in [0.2, 0.25) is 0 Å². The Hall–Kier alpha value is -2.61. The van der Waals surface area contributed by atoms with Crippen LogP contribution >= 0.6 is 11.6 Å². The molecule has 1 atom stereocenters. The van der Waals surface area contributed by atoms with Crippen LogP contribution in [0.4, 0.5) is 10.5 Å². The topological polar surface area (TPSA) is 102 Å². The number of urea groups is 1. The number of nitrogens with one attached hydrogen (secondary N) is 1. The molecule has 1 aliphatic rings. The van der Waals surface area contributed by atoms with Crippen LogP contribution in [0.25, 0.3) is 0 Å². The number of carbonyl (C=O) groups excluding carboxylic acids is 2. The highest BCUT2D eigenvalue weighted by molar-refractivity contribution is 6.32. The van der Waals surface area contributed by atoms with Crippen molar-refractivity contribution in [1.29, 1.82) is 0 Å². The Balaban J connectivity index is 2.62. The predicted octanol–water partition coefficient (Wildman–Crippen LogP) is 3.56. The third-order valence-electron chi connectivity index (χ3n) is 4.04. The maximum atomic E-state index is 12.5. The summed E-state index contributed by atoms with van der Waals surface area (Å²) in [4.78, 5) is 37.0. The number of hydrogen-bond acceptors (Lipinski definition) is 5.